The second-order valence-electron chi connectivity index (χ2n) is 4.29. The smallest absolute Gasteiger partial charge is 0.309 e. The van der Waals surface area contributed by atoms with E-state index in [2.05, 4.69) is 0 Å². The molecule has 2 aliphatic rings. The minimum atomic E-state index is -0.0430. The maximum atomic E-state index is 11.6. The summed E-state index contributed by atoms with van der Waals surface area (Å²) in [6, 6.07) is 0. The van der Waals surface area contributed by atoms with Crippen molar-refractivity contribution in [3.05, 3.63) is 0 Å². The second-order valence-corrected chi connectivity index (χ2v) is 4.66. The zero-order valence-corrected chi connectivity index (χ0v) is 9.54. The van der Waals surface area contributed by atoms with E-state index < -0.39 is 0 Å². The Hall–Kier alpha value is -0.280. The fraction of sp³-hybridized carbons (Fsp3) is 0.909. The largest absolute Gasteiger partial charge is 0.465 e. The molecule has 0 aromatic rings. The molecule has 0 amide bonds. The zero-order chi connectivity index (χ0) is 10.7. The molecule has 1 aliphatic heterocycles. The van der Waals surface area contributed by atoms with Gasteiger partial charge >= 0.3 is 5.97 Å². The topological polar surface area (TPSA) is 38.8 Å². The number of hydrogen-bond acceptors (Lipinski definition) is 3. The van der Waals surface area contributed by atoms with Crippen LogP contribution < -0.4 is 0 Å². The predicted octanol–water partition coefficient (Wildman–Crippen LogP) is 2.12. The Bertz CT molecular complexity index is 232. The first kappa shape index (κ1) is 11.2. The molecule has 0 N–H and O–H groups in total. The van der Waals surface area contributed by atoms with E-state index in [0.29, 0.717) is 24.7 Å². The van der Waals surface area contributed by atoms with E-state index in [1.807, 2.05) is 0 Å². The third-order valence-corrected chi connectivity index (χ3v) is 3.38. The van der Waals surface area contributed by atoms with Crippen LogP contribution in [0.15, 0.2) is 0 Å². The molecule has 1 saturated heterocycles. The third-order valence-electron chi connectivity index (χ3n) is 3.11. The summed E-state index contributed by atoms with van der Waals surface area (Å²) in [4.78, 5) is 11.6. The van der Waals surface area contributed by atoms with Gasteiger partial charge in [-0.1, -0.05) is 0 Å². The van der Waals surface area contributed by atoms with Crippen molar-refractivity contribution >= 4 is 17.6 Å². The lowest BCUT2D eigenvalue weighted by Gasteiger charge is -2.17. The van der Waals surface area contributed by atoms with Gasteiger partial charge in [0.15, 0.2) is 0 Å². The van der Waals surface area contributed by atoms with Crippen LogP contribution in [0.25, 0.3) is 0 Å². The van der Waals surface area contributed by atoms with Gasteiger partial charge in [0.2, 0.25) is 0 Å². The van der Waals surface area contributed by atoms with Crippen molar-refractivity contribution in [2.75, 3.05) is 12.5 Å². The Morgan fingerprint density at radius 3 is 2.93 bits per heavy atom. The molecule has 15 heavy (non-hydrogen) atoms. The number of hydrogen-bond donors (Lipinski definition) is 0. The fourth-order valence-corrected chi connectivity index (χ4v) is 2.29. The highest BCUT2D eigenvalue weighted by atomic mass is 35.5. The van der Waals surface area contributed by atoms with Crippen molar-refractivity contribution in [3.8, 4) is 0 Å². The minimum Gasteiger partial charge on any atom is -0.465 e. The molecule has 0 spiro atoms. The van der Waals surface area contributed by atoms with E-state index in [4.69, 9.17) is 21.1 Å². The summed E-state index contributed by atoms with van der Waals surface area (Å²) in [6.07, 6.45) is 5.38. The summed E-state index contributed by atoms with van der Waals surface area (Å²) < 4.78 is 10.6. The van der Waals surface area contributed by atoms with E-state index in [-0.39, 0.29) is 11.9 Å². The van der Waals surface area contributed by atoms with E-state index in [1.165, 1.54) is 0 Å². The van der Waals surface area contributed by atoms with Gasteiger partial charge in [-0.25, -0.2) is 0 Å². The van der Waals surface area contributed by atoms with Gasteiger partial charge < -0.3 is 9.47 Å². The molecule has 2 fully saturated rings. The Morgan fingerprint density at radius 2 is 2.20 bits per heavy atom. The Kier molecular flexibility index (Phi) is 3.87. The first-order chi connectivity index (χ1) is 7.31. The molecule has 1 aliphatic carbocycles. The number of halogens is 1. The number of esters is 1. The number of carbonyl (C=O) groups is 1. The van der Waals surface area contributed by atoms with Gasteiger partial charge in [-0.3, -0.25) is 4.79 Å². The highest BCUT2D eigenvalue weighted by Gasteiger charge is 2.46. The molecule has 0 aromatic heterocycles. The molecule has 2 rings (SSSR count). The van der Waals surface area contributed by atoms with Gasteiger partial charge in [0.1, 0.15) is 0 Å². The molecule has 0 aromatic carbocycles. The van der Waals surface area contributed by atoms with Crippen molar-refractivity contribution in [2.45, 2.75) is 44.3 Å². The van der Waals surface area contributed by atoms with Crippen LogP contribution >= 0.6 is 11.6 Å². The van der Waals surface area contributed by atoms with E-state index in [9.17, 15) is 4.79 Å². The number of alkyl halides is 1. The quantitative estimate of drug-likeness (QED) is 0.315. The third kappa shape index (κ3) is 3.08. The van der Waals surface area contributed by atoms with Crippen molar-refractivity contribution in [1.29, 1.82) is 0 Å². The average molecular weight is 233 g/mol. The van der Waals surface area contributed by atoms with Gasteiger partial charge in [0.05, 0.1) is 24.7 Å². The summed E-state index contributed by atoms with van der Waals surface area (Å²) >= 11 is 5.53. The van der Waals surface area contributed by atoms with E-state index in [0.717, 1.165) is 32.1 Å². The normalized spacial score (nSPS) is 33.3. The molecule has 3 unspecified atom stereocenters. The standard InChI is InChI=1S/C11H17ClO3/c12-5-1-2-6-14-11(13)8-3-4-9-10(7-8)15-9/h8-10H,1-7H2. The Balaban J connectivity index is 1.62. The van der Waals surface area contributed by atoms with Crippen LogP contribution in [0.3, 0.4) is 0 Å². The highest BCUT2D eigenvalue weighted by Crippen LogP contribution is 2.39. The summed E-state index contributed by atoms with van der Waals surface area (Å²) in [7, 11) is 0. The van der Waals surface area contributed by atoms with Crippen LogP contribution in [0.2, 0.25) is 0 Å². The monoisotopic (exact) mass is 232 g/mol. The number of epoxide rings is 1. The van der Waals surface area contributed by atoms with Crippen molar-refractivity contribution < 1.29 is 14.3 Å². The van der Waals surface area contributed by atoms with Crippen LogP contribution in [-0.2, 0) is 14.3 Å². The molecule has 4 heteroatoms. The van der Waals surface area contributed by atoms with Gasteiger partial charge in [-0.15, -0.1) is 11.6 Å². The number of carbonyl (C=O) groups excluding carboxylic acids is 1. The average Bonchev–Trinajstić information content (AvgIpc) is 3.01. The van der Waals surface area contributed by atoms with Crippen LogP contribution in [0.4, 0.5) is 0 Å². The predicted molar refractivity (Wildman–Crippen MR) is 56.9 cm³/mol. The van der Waals surface area contributed by atoms with Crippen LogP contribution in [0.5, 0.6) is 0 Å². The van der Waals surface area contributed by atoms with Gasteiger partial charge in [0.25, 0.3) is 0 Å². The zero-order valence-electron chi connectivity index (χ0n) is 8.78. The summed E-state index contributed by atoms with van der Waals surface area (Å²) in [5.41, 5.74) is 0. The molecule has 86 valence electrons. The molecule has 0 bridgehead atoms. The number of unbranched alkanes of at least 4 members (excludes halogenated alkanes) is 1. The lowest BCUT2D eigenvalue weighted by atomic mass is 9.89. The number of rotatable bonds is 5. The molecule has 1 heterocycles. The first-order valence-corrected chi connectivity index (χ1v) is 6.23. The molecular weight excluding hydrogens is 216 g/mol. The Labute approximate surface area is 95.1 Å². The molecular formula is C11H17ClO3. The summed E-state index contributed by atoms with van der Waals surface area (Å²) in [6.45, 7) is 0.511. The molecule has 1 saturated carbocycles. The van der Waals surface area contributed by atoms with E-state index in [1.54, 1.807) is 0 Å². The van der Waals surface area contributed by atoms with Crippen LogP contribution in [0.1, 0.15) is 32.1 Å². The summed E-state index contributed by atoms with van der Waals surface area (Å²) in [5.74, 6) is 0.668. The highest BCUT2D eigenvalue weighted by molar-refractivity contribution is 6.17. The van der Waals surface area contributed by atoms with Crippen molar-refractivity contribution in [1.82, 2.24) is 0 Å². The fourth-order valence-electron chi connectivity index (χ4n) is 2.11. The van der Waals surface area contributed by atoms with Crippen molar-refractivity contribution in [2.24, 2.45) is 5.92 Å². The maximum absolute atomic E-state index is 11.6. The second kappa shape index (κ2) is 5.17. The molecule has 3 atom stereocenters. The lowest BCUT2D eigenvalue weighted by Crippen LogP contribution is -2.24. The number of ether oxygens (including phenoxy) is 2. The molecule has 0 radical (unpaired) electrons. The van der Waals surface area contributed by atoms with Gasteiger partial charge in [-0.05, 0) is 32.1 Å². The molecule has 3 nitrogen and oxygen atoms in total. The summed E-state index contributed by atoms with van der Waals surface area (Å²) in [5, 5.41) is 0. The SMILES string of the molecule is O=C(OCCCCCl)C1CCC2OC2C1. The van der Waals surface area contributed by atoms with Crippen LogP contribution in [0, 0.1) is 5.92 Å². The lowest BCUT2D eigenvalue weighted by molar-refractivity contribution is -0.149. The van der Waals surface area contributed by atoms with Gasteiger partial charge in [-0.2, -0.15) is 0 Å². The minimum absolute atomic E-state index is 0.0430. The number of fused-ring (bicyclic) bond motifs is 1. The maximum Gasteiger partial charge on any atom is 0.309 e. The van der Waals surface area contributed by atoms with E-state index >= 15 is 0 Å². The van der Waals surface area contributed by atoms with Gasteiger partial charge in [0, 0.05) is 5.88 Å². The van der Waals surface area contributed by atoms with Crippen LogP contribution in [-0.4, -0.2) is 30.7 Å². The first-order valence-electron chi connectivity index (χ1n) is 5.69. The Morgan fingerprint density at radius 1 is 1.33 bits per heavy atom. The van der Waals surface area contributed by atoms with Crippen molar-refractivity contribution in [3.63, 3.8) is 0 Å².